The van der Waals surface area contributed by atoms with Crippen molar-refractivity contribution in [3.63, 3.8) is 0 Å². The van der Waals surface area contributed by atoms with E-state index in [1.54, 1.807) is 4.90 Å². The average molecular weight is 436 g/mol. The van der Waals surface area contributed by atoms with E-state index in [9.17, 15) is 9.59 Å². The zero-order chi connectivity index (χ0) is 16.5. The standard InChI is InChI=1S/C13H16Br2N4O3/c1-13(2,3)19(7-4-5-7)12(21)22-11(20)18-10-9(15)17-8(14)6-16-10/h6-7H,4-5H2,1-3H3,(H,16,18,20). The molecule has 0 bridgehead atoms. The Morgan fingerprint density at radius 1 is 1.36 bits per heavy atom. The zero-order valence-corrected chi connectivity index (χ0v) is 15.6. The molecule has 0 spiro atoms. The van der Waals surface area contributed by atoms with E-state index in [-0.39, 0.29) is 11.9 Å². The Hall–Kier alpha value is -1.22. The lowest BCUT2D eigenvalue weighted by atomic mass is 10.1. The van der Waals surface area contributed by atoms with Crippen LogP contribution in [0.4, 0.5) is 15.4 Å². The van der Waals surface area contributed by atoms with Crippen molar-refractivity contribution in [3.05, 3.63) is 15.4 Å². The van der Waals surface area contributed by atoms with Gasteiger partial charge in [-0.25, -0.2) is 19.6 Å². The van der Waals surface area contributed by atoms with Crippen LogP contribution in [0.15, 0.2) is 15.4 Å². The first kappa shape index (κ1) is 17.1. The summed E-state index contributed by atoms with van der Waals surface area (Å²) in [6.45, 7) is 5.71. The number of amides is 2. The summed E-state index contributed by atoms with van der Waals surface area (Å²) in [6.07, 6.45) is 1.73. The van der Waals surface area contributed by atoms with Gasteiger partial charge in [0.15, 0.2) is 5.82 Å². The molecule has 0 unspecified atom stereocenters. The Balaban J connectivity index is 2.00. The van der Waals surface area contributed by atoms with Crippen molar-refractivity contribution in [1.82, 2.24) is 14.9 Å². The number of hydrogen-bond donors (Lipinski definition) is 1. The summed E-state index contributed by atoms with van der Waals surface area (Å²) in [4.78, 5) is 33.6. The lowest BCUT2D eigenvalue weighted by molar-refractivity contribution is 0.0846. The van der Waals surface area contributed by atoms with Gasteiger partial charge in [-0.05, 0) is 65.5 Å². The lowest BCUT2D eigenvalue weighted by Crippen LogP contribution is -2.48. The molecule has 1 aliphatic rings. The molecule has 1 heterocycles. The van der Waals surface area contributed by atoms with Crippen LogP contribution in [0.3, 0.4) is 0 Å². The van der Waals surface area contributed by atoms with Crippen molar-refractivity contribution >= 4 is 49.9 Å². The van der Waals surface area contributed by atoms with Crippen molar-refractivity contribution in [3.8, 4) is 0 Å². The number of aromatic nitrogens is 2. The predicted molar refractivity (Wildman–Crippen MR) is 87.5 cm³/mol. The molecule has 7 nitrogen and oxygen atoms in total. The smallest absolute Gasteiger partial charge is 0.359 e. The van der Waals surface area contributed by atoms with Crippen LogP contribution in [0.5, 0.6) is 0 Å². The third-order valence-electron chi connectivity index (χ3n) is 2.93. The molecule has 1 saturated carbocycles. The average Bonchev–Trinajstić information content (AvgIpc) is 3.15. The quantitative estimate of drug-likeness (QED) is 0.711. The molecule has 0 radical (unpaired) electrons. The lowest BCUT2D eigenvalue weighted by Gasteiger charge is -2.34. The van der Waals surface area contributed by atoms with Crippen molar-refractivity contribution < 1.29 is 14.3 Å². The fourth-order valence-electron chi connectivity index (χ4n) is 1.98. The monoisotopic (exact) mass is 434 g/mol. The van der Waals surface area contributed by atoms with Crippen LogP contribution in [0.2, 0.25) is 0 Å². The first-order chi connectivity index (χ1) is 10.2. The molecule has 22 heavy (non-hydrogen) atoms. The Kier molecular flexibility index (Phi) is 5.06. The van der Waals surface area contributed by atoms with Crippen LogP contribution in [-0.2, 0) is 4.74 Å². The molecule has 0 aliphatic heterocycles. The minimum absolute atomic E-state index is 0.138. The fraction of sp³-hybridized carbons (Fsp3) is 0.538. The zero-order valence-electron chi connectivity index (χ0n) is 12.4. The number of ether oxygens (including phenoxy) is 1. The maximum absolute atomic E-state index is 12.2. The largest absolute Gasteiger partial charge is 0.421 e. The molecule has 9 heteroatoms. The second-order valence-corrected chi connectivity index (χ2v) is 7.45. The van der Waals surface area contributed by atoms with E-state index in [1.165, 1.54) is 6.20 Å². The SMILES string of the molecule is CC(C)(C)N(C(=O)OC(=O)Nc1ncc(Br)nc1Br)C1CC1. The molecule has 2 amide bonds. The van der Waals surface area contributed by atoms with Gasteiger partial charge in [0.05, 0.1) is 6.20 Å². The summed E-state index contributed by atoms with van der Waals surface area (Å²) >= 11 is 6.32. The van der Waals surface area contributed by atoms with Gasteiger partial charge in [0, 0.05) is 11.6 Å². The molecule has 1 aliphatic carbocycles. The Morgan fingerprint density at radius 2 is 2.00 bits per heavy atom. The van der Waals surface area contributed by atoms with Crippen LogP contribution in [0.25, 0.3) is 0 Å². The van der Waals surface area contributed by atoms with Crippen LogP contribution < -0.4 is 5.32 Å². The van der Waals surface area contributed by atoms with E-state index in [0.29, 0.717) is 9.21 Å². The molecular weight excluding hydrogens is 420 g/mol. The van der Waals surface area contributed by atoms with E-state index in [2.05, 4.69) is 47.1 Å². The Bertz CT molecular complexity index is 599. The van der Waals surface area contributed by atoms with Crippen molar-refractivity contribution in [2.24, 2.45) is 0 Å². The minimum Gasteiger partial charge on any atom is -0.359 e. The highest BCUT2D eigenvalue weighted by Gasteiger charge is 2.41. The maximum Gasteiger partial charge on any atom is 0.421 e. The molecule has 1 fully saturated rings. The minimum atomic E-state index is -0.891. The van der Waals surface area contributed by atoms with Gasteiger partial charge in [0.25, 0.3) is 0 Å². The van der Waals surface area contributed by atoms with Gasteiger partial charge in [-0.15, -0.1) is 0 Å². The topological polar surface area (TPSA) is 84.4 Å². The van der Waals surface area contributed by atoms with Gasteiger partial charge in [0.2, 0.25) is 0 Å². The third-order valence-corrected chi connectivity index (χ3v) is 3.87. The van der Waals surface area contributed by atoms with Crippen molar-refractivity contribution in [1.29, 1.82) is 0 Å². The van der Waals surface area contributed by atoms with Gasteiger partial charge in [-0.1, -0.05) is 0 Å². The normalized spacial score (nSPS) is 14.4. The van der Waals surface area contributed by atoms with Crippen LogP contribution in [0, 0.1) is 0 Å². The maximum atomic E-state index is 12.2. The van der Waals surface area contributed by atoms with Gasteiger partial charge in [-0.3, -0.25) is 10.2 Å². The number of carbonyl (C=O) groups excluding carboxylic acids is 2. The molecule has 0 saturated heterocycles. The molecule has 0 aromatic carbocycles. The van der Waals surface area contributed by atoms with Crippen molar-refractivity contribution in [2.75, 3.05) is 5.32 Å². The highest BCUT2D eigenvalue weighted by Crippen LogP contribution is 2.33. The molecular formula is C13H16Br2N4O3. The summed E-state index contributed by atoms with van der Waals surface area (Å²) in [5.41, 5.74) is -0.406. The summed E-state index contributed by atoms with van der Waals surface area (Å²) in [7, 11) is 0. The van der Waals surface area contributed by atoms with Gasteiger partial charge in [0.1, 0.15) is 9.21 Å². The summed E-state index contributed by atoms with van der Waals surface area (Å²) in [5, 5.41) is 2.38. The van der Waals surface area contributed by atoms with Gasteiger partial charge >= 0.3 is 12.2 Å². The van der Waals surface area contributed by atoms with Gasteiger partial charge < -0.3 is 4.74 Å². The third kappa shape index (κ3) is 4.39. The van der Waals surface area contributed by atoms with E-state index in [0.717, 1.165) is 12.8 Å². The molecule has 120 valence electrons. The highest BCUT2D eigenvalue weighted by atomic mass is 79.9. The van der Waals surface area contributed by atoms with E-state index < -0.39 is 17.7 Å². The summed E-state index contributed by atoms with van der Waals surface area (Å²) in [6, 6.07) is 0.138. The number of nitrogens with one attached hydrogen (secondary N) is 1. The first-order valence-electron chi connectivity index (χ1n) is 6.68. The number of anilines is 1. The van der Waals surface area contributed by atoms with E-state index in [4.69, 9.17) is 4.74 Å². The first-order valence-corrected chi connectivity index (χ1v) is 8.27. The number of carbonyl (C=O) groups is 2. The van der Waals surface area contributed by atoms with E-state index >= 15 is 0 Å². The molecule has 0 atom stereocenters. The number of hydrogen-bond acceptors (Lipinski definition) is 5. The number of rotatable bonds is 2. The second kappa shape index (κ2) is 6.49. The highest BCUT2D eigenvalue weighted by molar-refractivity contribution is 9.11. The number of nitrogens with zero attached hydrogens (tertiary/aromatic N) is 3. The van der Waals surface area contributed by atoms with Gasteiger partial charge in [-0.2, -0.15) is 0 Å². The Labute approximate surface area is 145 Å². The van der Waals surface area contributed by atoms with Crippen LogP contribution in [0.1, 0.15) is 33.6 Å². The Morgan fingerprint density at radius 3 is 2.50 bits per heavy atom. The molecule has 1 aromatic heterocycles. The second-order valence-electron chi connectivity index (χ2n) is 5.88. The number of halogens is 2. The molecule has 1 N–H and O–H groups in total. The van der Waals surface area contributed by atoms with Crippen molar-refractivity contribution in [2.45, 2.75) is 45.2 Å². The van der Waals surface area contributed by atoms with Crippen LogP contribution >= 0.6 is 31.9 Å². The molecule has 2 rings (SSSR count). The summed E-state index contributed by atoms with van der Waals surface area (Å²) < 4.78 is 5.72. The predicted octanol–water partition coefficient (Wildman–Crippen LogP) is 3.93. The van der Waals surface area contributed by atoms with E-state index in [1.807, 2.05) is 20.8 Å². The fourth-order valence-corrected chi connectivity index (χ4v) is 2.89. The molecule has 1 aromatic rings. The van der Waals surface area contributed by atoms with Crippen LogP contribution in [-0.4, -0.2) is 38.6 Å². The summed E-state index contributed by atoms with van der Waals surface area (Å²) in [5.74, 6) is 0.176.